The van der Waals surface area contributed by atoms with Crippen molar-refractivity contribution in [1.29, 1.82) is 0 Å². The molecular formula is C21H21N3O3. The Morgan fingerprint density at radius 2 is 1.89 bits per heavy atom. The SMILES string of the molecule is COc1ccccc1-c1nc(C2CC(=O)N(c3cc(C)cc(C)c3)C2)no1. The molecule has 27 heavy (non-hydrogen) atoms. The van der Waals surface area contributed by atoms with Crippen molar-refractivity contribution in [3.05, 3.63) is 59.4 Å². The molecule has 2 heterocycles. The van der Waals surface area contributed by atoms with Gasteiger partial charge in [0, 0.05) is 24.6 Å². The van der Waals surface area contributed by atoms with Crippen LogP contribution in [0.2, 0.25) is 0 Å². The first-order valence-corrected chi connectivity index (χ1v) is 8.91. The van der Waals surface area contributed by atoms with Gasteiger partial charge in [-0.05, 0) is 49.2 Å². The molecule has 1 aliphatic rings. The number of amides is 1. The summed E-state index contributed by atoms with van der Waals surface area (Å²) in [4.78, 5) is 18.9. The summed E-state index contributed by atoms with van der Waals surface area (Å²) in [5.41, 5.74) is 3.95. The molecule has 6 heteroatoms. The van der Waals surface area contributed by atoms with Crippen LogP contribution in [0.25, 0.3) is 11.5 Å². The third kappa shape index (κ3) is 3.30. The van der Waals surface area contributed by atoms with Gasteiger partial charge in [0.1, 0.15) is 5.75 Å². The summed E-state index contributed by atoms with van der Waals surface area (Å²) in [6.07, 6.45) is 0.373. The molecule has 3 aromatic rings. The first-order valence-electron chi connectivity index (χ1n) is 8.91. The van der Waals surface area contributed by atoms with Crippen LogP contribution in [0, 0.1) is 13.8 Å². The maximum Gasteiger partial charge on any atom is 0.261 e. The molecule has 0 N–H and O–H groups in total. The van der Waals surface area contributed by atoms with Crippen LogP contribution in [0.4, 0.5) is 5.69 Å². The van der Waals surface area contributed by atoms with Crippen molar-refractivity contribution in [2.75, 3.05) is 18.6 Å². The van der Waals surface area contributed by atoms with Crippen LogP contribution in [-0.2, 0) is 4.79 Å². The van der Waals surface area contributed by atoms with E-state index in [-0.39, 0.29) is 11.8 Å². The summed E-state index contributed by atoms with van der Waals surface area (Å²) in [6, 6.07) is 13.7. The number of aromatic nitrogens is 2. The largest absolute Gasteiger partial charge is 0.496 e. The van der Waals surface area contributed by atoms with Crippen molar-refractivity contribution in [2.45, 2.75) is 26.2 Å². The van der Waals surface area contributed by atoms with Crippen molar-refractivity contribution in [2.24, 2.45) is 0 Å². The molecule has 0 saturated carbocycles. The Morgan fingerprint density at radius 3 is 2.63 bits per heavy atom. The van der Waals surface area contributed by atoms with E-state index < -0.39 is 0 Å². The van der Waals surface area contributed by atoms with Gasteiger partial charge in [-0.15, -0.1) is 0 Å². The Bertz CT molecular complexity index is 976. The molecule has 0 spiro atoms. The average Bonchev–Trinajstić information content (AvgIpc) is 3.27. The van der Waals surface area contributed by atoms with Gasteiger partial charge in [-0.2, -0.15) is 4.98 Å². The van der Waals surface area contributed by atoms with E-state index in [1.807, 2.05) is 55.1 Å². The Morgan fingerprint density at radius 1 is 1.15 bits per heavy atom. The number of ether oxygens (including phenoxy) is 1. The fourth-order valence-corrected chi connectivity index (χ4v) is 3.57. The van der Waals surface area contributed by atoms with E-state index in [1.54, 1.807) is 7.11 Å². The van der Waals surface area contributed by atoms with Crippen LogP contribution in [0.5, 0.6) is 5.75 Å². The zero-order valence-corrected chi connectivity index (χ0v) is 15.6. The smallest absolute Gasteiger partial charge is 0.261 e. The van der Waals surface area contributed by atoms with Gasteiger partial charge in [0.2, 0.25) is 5.91 Å². The number of para-hydroxylation sites is 1. The maximum absolute atomic E-state index is 12.6. The van der Waals surface area contributed by atoms with Gasteiger partial charge in [-0.25, -0.2) is 0 Å². The third-order valence-electron chi connectivity index (χ3n) is 4.79. The third-order valence-corrected chi connectivity index (χ3v) is 4.79. The highest BCUT2D eigenvalue weighted by Gasteiger charge is 2.35. The summed E-state index contributed by atoms with van der Waals surface area (Å²) in [6.45, 7) is 4.62. The lowest BCUT2D eigenvalue weighted by molar-refractivity contribution is -0.117. The van der Waals surface area contributed by atoms with Gasteiger partial charge in [0.25, 0.3) is 5.89 Å². The van der Waals surface area contributed by atoms with Crippen LogP contribution in [0.3, 0.4) is 0 Å². The number of hydrogen-bond acceptors (Lipinski definition) is 5. The molecule has 1 amide bonds. The summed E-state index contributed by atoms with van der Waals surface area (Å²) >= 11 is 0. The molecule has 2 aromatic carbocycles. The average molecular weight is 363 g/mol. The predicted molar refractivity (Wildman–Crippen MR) is 102 cm³/mol. The predicted octanol–water partition coefficient (Wildman–Crippen LogP) is 3.88. The van der Waals surface area contributed by atoms with Gasteiger partial charge < -0.3 is 14.2 Å². The zero-order valence-electron chi connectivity index (χ0n) is 15.6. The number of benzene rings is 2. The number of carbonyl (C=O) groups excluding carboxylic acids is 1. The van der Waals surface area contributed by atoms with E-state index in [9.17, 15) is 4.79 Å². The highest BCUT2D eigenvalue weighted by Crippen LogP contribution is 2.34. The number of carbonyl (C=O) groups is 1. The fourth-order valence-electron chi connectivity index (χ4n) is 3.57. The lowest BCUT2D eigenvalue weighted by Crippen LogP contribution is -2.24. The molecular weight excluding hydrogens is 342 g/mol. The monoisotopic (exact) mass is 363 g/mol. The van der Waals surface area contributed by atoms with E-state index in [1.165, 1.54) is 0 Å². The quantitative estimate of drug-likeness (QED) is 0.703. The minimum atomic E-state index is -0.0921. The molecule has 1 atom stereocenters. The maximum atomic E-state index is 12.6. The molecule has 1 saturated heterocycles. The summed E-state index contributed by atoms with van der Waals surface area (Å²) < 4.78 is 10.8. The Balaban J connectivity index is 1.59. The van der Waals surface area contributed by atoms with Crippen molar-refractivity contribution in [1.82, 2.24) is 10.1 Å². The number of nitrogens with zero attached hydrogens (tertiary/aromatic N) is 3. The van der Waals surface area contributed by atoms with Gasteiger partial charge >= 0.3 is 0 Å². The molecule has 4 rings (SSSR count). The normalized spacial score (nSPS) is 16.8. The van der Waals surface area contributed by atoms with Gasteiger partial charge in [-0.1, -0.05) is 23.4 Å². The molecule has 1 fully saturated rings. The zero-order chi connectivity index (χ0) is 19.0. The lowest BCUT2D eigenvalue weighted by Gasteiger charge is -2.17. The second kappa shape index (κ2) is 6.87. The van der Waals surface area contributed by atoms with Crippen LogP contribution in [-0.4, -0.2) is 29.7 Å². The van der Waals surface area contributed by atoms with Crippen molar-refractivity contribution in [3.8, 4) is 17.2 Å². The van der Waals surface area contributed by atoms with Gasteiger partial charge in [0.15, 0.2) is 5.82 Å². The number of rotatable bonds is 4. The Labute approximate surface area is 157 Å². The van der Waals surface area contributed by atoms with Crippen LogP contribution in [0.15, 0.2) is 47.0 Å². The van der Waals surface area contributed by atoms with Crippen molar-refractivity contribution >= 4 is 11.6 Å². The number of aryl methyl sites for hydroxylation is 2. The van der Waals surface area contributed by atoms with Crippen LogP contribution in [0.1, 0.15) is 29.3 Å². The van der Waals surface area contributed by atoms with E-state index in [2.05, 4.69) is 16.2 Å². The van der Waals surface area contributed by atoms with Crippen molar-refractivity contribution < 1.29 is 14.1 Å². The van der Waals surface area contributed by atoms with Gasteiger partial charge in [0.05, 0.1) is 12.7 Å². The molecule has 1 aromatic heterocycles. The van der Waals surface area contributed by atoms with E-state index in [0.717, 1.165) is 22.4 Å². The number of anilines is 1. The highest BCUT2D eigenvalue weighted by atomic mass is 16.5. The Hall–Kier alpha value is -3.15. The van der Waals surface area contributed by atoms with E-state index >= 15 is 0 Å². The van der Waals surface area contributed by atoms with Crippen molar-refractivity contribution in [3.63, 3.8) is 0 Å². The molecule has 1 unspecified atom stereocenters. The molecule has 6 nitrogen and oxygen atoms in total. The fraction of sp³-hybridized carbons (Fsp3) is 0.286. The van der Waals surface area contributed by atoms with E-state index in [4.69, 9.17) is 9.26 Å². The lowest BCUT2D eigenvalue weighted by atomic mass is 10.1. The van der Waals surface area contributed by atoms with Gasteiger partial charge in [-0.3, -0.25) is 4.79 Å². The number of hydrogen-bond donors (Lipinski definition) is 0. The first kappa shape index (κ1) is 17.3. The second-order valence-electron chi connectivity index (χ2n) is 6.91. The van der Waals surface area contributed by atoms with Crippen LogP contribution < -0.4 is 9.64 Å². The molecule has 0 aliphatic carbocycles. The molecule has 0 radical (unpaired) electrons. The molecule has 0 bridgehead atoms. The summed E-state index contributed by atoms with van der Waals surface area (Å²) in [5, 5.41) is 4.13. The van der Waals surface area contributed by atoms with Crippen LogP contribution >= 0.6 is 0 Å². The Kier molecular flexibility index (Phi) is 4.39. The summed E-state index contributed by atoms with van der Waals surface area (Å²) in [5.74, 6) is 1.61. The minimum Gasteiger partial charge on any atom is -0.496 e. The molecule has 138 valence electrons. The summed E-state index contributed by atoms with van der Waals surface area (Å²) in [7, 11) is 1.60. The standard InChI is InChI=1S/C21H21N3O3/c1-13-8-14(2)10-16(9-13)24-12-15(11-19(24)25)20-22-21(27-23-20)17-6-4-5-7-18(17)26-3/h4-10,15H,11-12H2,1-3H3. The topological polar surface area (TPSA) is 68.5 Å². The van der Waals surface area contributed by atoms with E-state index in [0.29, 0.717) is 30.4 Å². The highest BCUT2D eigenvalue weighted by molar-refractivity contribution is 5.96. The number of methoxy groups -OCH3 is 1. The minimum absolute atomic E-state index is 0.0774. The first-order chi connectivity index (χ1) is 13.0. The second-order valence-corrected chi connectivity index (χ2v) is 6.91. The molecule has 1 aliphatic heterocycles.